The summed E-state index contributed by atoms with van der Waals surface area (Å²) in [6.07, 6.45) is 3.29. The molecule has 0 aliphatic carbocycles. The first-order chi connectivity index (χ1) is 8.25. The van der Waals surface area contributed by atoms with Crippen LogP contribution in [0.2, 0.25) is 0 Å². The van der Waals surface area contributed by atoms with Gasteiger partial charge in [0.05, 0.1) is 0 Å². The Morgan fingerprint density at radius 2 is 1.59 bits per heavy atom. The molecule has 0 heterocycles. The zero-order valence-corrected chi connectivity index (χ0v) is 10.5. The van der Waals surface area contributed by atoms with Crippen molar-refractivity contribution in [3.05, 3.63) is 77.4 Å². The van der Waals surface area contributed by atoms with E-state index >= 15 is 0 Å². The first-order valence-electron chi connectivity index (χ1n) is 6.03. The molecule has 86 valence electrons. The highest BCUT2D eigenvalue weighted by atomic mass is 14.0. The molecule has 2 aromatic carbocycles. The molecule has 0 unspecified atom stereocenters. The molecule has 0 radical (unpaired) electrons. The van der Waals surface area contributed by atoms with Gasteiger partial charge >= 0.3 is 0 Å². The second kappa shape index (κ2) is 5.49. The molecule has 0 N–H and O–H groups in total. The Morgan fingerprint density at radius 1 is 0.941 bits per heavy atom. The summed E-state index contributed by atoms with van der Waals surface area (Å²) in [4.78, 5) is 0. The van der Waals surface area contributed by atoms with Crippen LogP contribution < -0.4 is 0 Å². The Bertz CT molecular complexity index is 489. The van der Waals surface area contributed by atoms with E-state index in [1.54, 1.807) is 0 Å². The summed E-state index contributed by atoms with van der Waals surface area (Å²) >= 11 is 0. The molecule has 0 saturated carbocycles. The first kappa shape index (κ1) is 11.7. The Labute approximate surface area is 104 Å². The summed E-state index contributed by atoms with van der Waals surface area (Å²) in [5, 5.41) is 0. The summed E-state index contributed by atoms with van der Waals surface area (Å²) in [5.74, 6) is 0. The van der Waals surface area contributed by atoms with Crippen molar-refractivity contribution in [1.82, 2.24) is 0 Å². The van der Waals surface area contributed by atoms with Crippen molar-refractivity contribution in [3.8, 4) is 0 Å². The second-order valence-corrected chi connectivity index (χ2v) is 4.44. The molecule has 0 heteroatoms. The zero-order chi connectivity index (χ0) is 12.1. The van der Waals surface area contributed by atoms with Crippen LogP contribution in [-0.4, -0.2) is 0 Å². The standard InChI is InChI=1S/C17H18/c1-14-8-12-17(13-9-14)15(2)10-11-16-6-4-3-5-7-16/h3-10,12-13H,11H2,1-2H3/b15-10+. The lowest BCUT2D eigenvalue weighted by Gasteiger charge is -2.03. The van der Waals surface area contributed by atoms with Gasteiger partial charge in [0.1, 0.15) is 0 Å². The monoisotopic (exact) mass is 222 g/mol. The molecule has 2 rings (SSSR count). The lowest BCUT2D eigenvalue weighted by Crippen LogP contribution is -1.84. The van der Waals surface area contributed by atoms with E-state index in [1.807, 2.05) is 0 Å². The number of allylic oxidation sites excluding steroid dienone is 2. The third kappa shape index (κ3) is 3.32. The van der Waals surface area contributed by atoms with Gasteiger partial charge in [-0.3, -0.25) is 0 Å². The molecule has 0 fully saturated rings. The van der Waals surface area contributed by atoms with E-state index in [4.69, 9.17) is 0 Å². The van der Waals surface area contributed by atoms with Crippen molar-refractivity contribution in [2.24, 2.45) is 0 Å². The molecule has 0 spiro atoms. The Hall–Kier alpha value is -1.82. The highest BCUT2D eigenvalue weighted by molar-refractivity contribution is 5.64. The van der Waals surface area contributed by atoms with E-state index in [-0.39, 0.29) is 0 Å². The Balaban J connectivity index is 2.10. The van der Waals surface area contributed by atoms with Crippen LogP contribution in [0.25, 0.3) is 5.57 Å². The second-order valence-electron chi connectivity index (χ2n) is 4.44. The Morgan fingerprint density at radius 3 is 2.24 bits per heavy atom. The fourth-order valence-electron chi connectivity index (χ4n) is 1.82. The number of benzene rings is 2. The Kier molecular flexibility index (Phi) is 3.77. The van der Waals surface area contributed by atoms with E-state index in [9.17, 15) is 0 Å². The van der Waals surface area contributed by atoms with Crippen LogP contribution in [0.15, 0.2) is 60.7 Å². The van der Waals surface area contributed by atoms with Gasteiger partial charge in [-0.1, -0.05) is 66.2 Å². The summed E-state index contributed by atoms with van der Waals surface area (Å²) in [6, 6.07) is 19.3. The van der Waals surface area contributed by atoms with Gasteiger partial charge in [0.15, 0.2) is 0 Å². The van der Waals surface area contributed by atoms with E-state index < -0.39 is 0 Å². The first-order valence-corrected chi connectivity index (χ1v) is 6.03. The average molecular weight is 222 g/mol. The topological polar surface area (TPSA) is 0 Å². The summed E-state index contributed by atoms with van der Waals surface area (Å²) < 4.78 is 0. The predicted molar refractivity (Wildman–Crippen MR) is 75.0 cm³/mol. The number of aryl methyl sites for hydroxylation is 1. The molecule has 0 aliphatic heterocycles. The van der Waals surface area contributed by atoms with Gasteiger partial charge in [-0.15, -0.1) is 0 Å². The van der Waals surface area contributed by atoms with Gasteiger partial charge in [0.25, 0.3) is 0 Å². The molecule has 0 saturated heterocycles. The lowest BCUT2D eigenvalue weighted by atomic mass is 10.0. The highest BCUT2D eigenvalue weighted by Crippen LogP contribution is 2.15. The van der Waals surface area contributed by atoms with Gasteiger partial charge in [0, 0.05) is 0 Å². The summed E-state index contributed by atoms with van der Waals surface area (Å²) in [5.41, 5.74) is 5.32. The lowest BCUT2D eigenvalue weighted by molar-refractivity contribution is 1.26. The molecule has 0 aromatic heterocycles. The molecular formula is C17H18. The highest BCUT2D eigenvalue weighted by Gasteiger charge is 1.95. The van der Waals surface area contributed by atoms with Crippen molar-refractivity contribution >= 4 is 5.57 Å². The largest absolute Gasteiger partial charge is 0.0766 e. The quantitative estimate of drug-likeness (QED) is 0.709. The number of rotatable bonds is 3. The maximum absolute atomic E-state index is 2.29. The molecule has 0 amide bonds. The van der Waals surface area contributed by atoms with Crippen molar-refractivity contribution in [2.45, 2.75) is 20.3 Å². The van der Waals surface area contributed by atoms with Crippen LogP contribution in [-0.2, 0) is 6.42 Å². The third-order valence-electron chi connectivity index (χ3n) is 2.99. The van der Waals surface area contributed by atoms with Crippen LogP contribution in [0.4, 0.5) is 0 Å². The predicted octanol–water partition coefficient (Wildman–Crippen LogP) is 4.64. The molecule has 0 bridgehead atoms. The molecule has 2 aromatic rings. The van der Waals surface area contributed by atoms with Gasteiger partial charge in [-0.05, 0) is 37.0 Å². The smallest absolute Gasteiger partial charge is 0.00915 e. The average Bonchev–Trinajstić information content (AvgIpc) is 2.38. The van der Waals surface area contributed by atoms with Gasteiger partial charge < -0.3 is 0 Å². The van der Waals surface area contributed by atoms with Gasteiger partial charge in [-0.2, -0.15) is 0 Å². The maximum atomic E-state index is 2.29. The van der Waals surface area contributed by atoms with Crippen molar-refractivity contribution in [1.29, 1.82) is 0 Å². The van der Waals surface area contributed by atoms with Crippen LogP contribution in [0, 0.1) is 6.92 Å². The third-order valence-corrected chi connectivity index (χ3v) is 2.99. The molecule has 0 nitrogen and oxygen atoms in total. The van der Waals surface area contributed by atoms with E-state index in [0.717, 1.165) is 6.42 Å². The van der Waals surface area contributed by atoms with Crippen LogP contribution in [0.3, 0.4) is 0 Å². The maximum Gasteiger partial charge on any atom is -0.00915 e. The molecule has 17 heavy (non-hydrogen) atoms. The summed E-state index contributed by atoms with van der Waals surface area (Å²) in [6.45, 7) is 4.29. The van der Waals surface area contributed by atoms with Crippen LogP contribution in [0.1, 0.15) is 23.6 Å². The van der Waals surface area contributed by atoms with Gasteiger partial charge in [-0.25, -0.2) is 0 Å². The zero-order valence-electron chi connectivity index (χ0n) is 10.5. The SMILES string of the molecule is C/C(=C\Cc1ccccc1)c1ccc(C)cc1. The van der Waals surface area contributed by atoms with Crippen molar-refractivity contribution in [2.75, 3.05) is 0 Å². The van der Waals surface area contributed by atoms with E-state index in [2.05, 4.69) is 74.5 Å². The summed E-state index contributed by atoms with van der Waals surface area (Å²) in [7, 11) is 0. The fourth-order valence-corrected chi connectivity index (χ4v) is 1.82. The van der Waals surface area contributed by atoms with E-state index in [1.165, 1.54) is 22.3 Å². The molecule has 0 aliphatic rings. The number of hydrogen-bond donors (Lipinski definition) is 0. The minimum Gasteiger partial charge on any atom is -0.0766 e. The fraction of sp³-hybridized carbons (Fsp3) is 0.176. The van der Waals surface area contributed by atoms with E-state index in [0.29, 0.717) is 0 Å². The minimum absolute atomic E-state index is 1.00. The van der Waals surface area contributed by atoms with Crippen molar-refractivity contribution in [3.63, 3.8) is 0 Å². The number of hydrogen-bond acceptors (Lipinski definition) is 0. The minimum atomic E-state index is 1.00. The van der Waals surface area contributed by atoms with Crippen molar-refractivity contribution < 1.29 is 0 Å². The molecule has 0 atom stereocenters. The van der Waals surface area contributed by atoms with Gasteiger partial charge in [0.2, 0.25) is 0 Å². The van der Waals surface area contributed by atoms with Crippen LogP contribution >= 0.6 is 0 Å². The normalized spacial score (nSPS) is 11.5. The van der Waals surface area contributed by atoms with Crippen LogP contribution in [0.5, 0.6) is 0 Å². The molecular weight excluding hydrogens is 204 g/mol.